The molecule has 1 aromatic carbocycles. The molecule has 5 nitrogen and oxygen atoms in total. The molecule has 6 heteroatoms. The molecule has 0 unspecified atom stereocenters. The normalized spacial score (nSPS) is 13.8. The zero-order chi connectivity index (χ0) is 15.7. The zero-order valence-electron chi connectivity index (χ0n) is 12.5. The summed E-state index contributed by atoms with van der Waals surface area (Å²) in [5.74, 6) is 0.997. The number of hydrogen-bond donors (Lipinski definition) is 2. The standard InChI is InChI=1S/C16H17ClN4O/c1-9-3-4-11(17)7-13(9)21-16(22)14-8-15(19-10(2)18-14)20-12-5-6-12/h3-4,7-8,12H,5-6H2,1-2H3,(H,21,22)(H,18,19,20). The SMILES string of the molecule is Cc1nc(NC2CC2)cc(C(=O)Nc2cc(Cl)ccc2C)n1. The maximum atomic E-state index is 12.4. The number of nitrogens with zero attached hydrogens (tertiary/aromatic N) is 2. The van der Waals surface area contributed by atoms with Gasteiger partial charge in [-0.05, 0) is 44.4 Å². The van der Waals surface area contributed by atoms with Crippen molar-refractivity contribution in [3.63, 3.8) is 0 Å². The second-order valence-corrected chi connectivity index (χ2v) is 5.95. The number of aromatic nitrogens is 2. The third kappa shape index (κ3) is 3.54. The number of benzene rings is 1. The largest absolute Gasteiger partial charge is 0.367 e. The van der Waals surface area contributed by atoms with E-state index in [1.54, 1.807) is 25.1 Å². The fourth-order valence-corrected chi connectivity index (χ4v) is 2.28. The Bertz CT molecular complexity index is 728. The molecule has 0 aliphatic heterocycles. The summed E-state index contributed by atoms with van der Waals surface area (Å²) in [5.41, 5.74) is 1.97. The van der Waals surface area contributed by atoms with E-state index in [2.05, 4.69) is 20.6 Å². The lowest BCUT2D eigenvalue weighted by Gasteiger charge is -2.10. The van der Waals surface area contributed by atoms with Crippen LogP contribution in [-0.2, 0) is 0 Å². The molecular formula is C16H17ClN4O. The van der Waals surface area contributed by atoms with Gasteiger partial charge < -0.3 is 10.6 Å². The van der Waals surface area contributed by atoms with Crippen LogP contribution in [0.25, 0.3) is 0 Å². The summed E-state index contributed by atoms with van der Waals surface area (Å²) in [6.45, 7) is 3.69. The first-order valence-electron chi connectivity index (χ1n) is 7.21. The van der Waals surface area contributed by atoms with Crippen LogP contribution < -0.4 is 10.6 Å². The van der Waals surface area contributed by atoms with Gasteiger partial charge in [-0.1, -0.05) is 17.7 Å². The van der Waals surface area contributed by atoms with Gasteiger partial charge in [-0.2, -0.15) is 0 Å². The van der Waals surface area contributed by atoms with Gasteiger partial charge in [0, 0.05) is 22.8 Å². The maximum Gasteiger partial charge on any atom is 0.274 e. The minimum Gasteiger partial charge on any atom is -0.367 e. The van der Waals surface area contributed by atoms with E-state index in [4.69, 9.17) is 11.6 Å². The van der Waals surface area contributed by atoms with Gasteiger partial charge in [0.05, 0.1) is 0 Å². The average Bonchev–Trinajstić information content (AvgIpc) is 3.26. The second-order valence-electron chi connectivity index (χ2n) is 5.52. The van der Waals surface area contributed by atoms with Gasteiger partial charge in [-0.25, -0.2) is 9.97 Å². The monoisotopic (exact) mass is 316 g/mol. The van der Waals surface area contributed by atoms with E-state index in [1.807, 2.05) is 13.0 Å². The number of carbonyl (C=O) groups excluding carboxylic acids is 1. The summed E-state index contributed by atoms with van der Waals surface area (Å²) in [7, 11) is 0. The number of nitrogens with one attached hydrogen (secondary N) is 2. The Balaban J connectivity index is 1.81. The van der Waals surface area contributed by atoms with Gasteiger partial charge in [-0.3, -0.25) is 4.79 Å². The molecule has 0 spiro atoms. The highest BCUT2D eigenvalue weighted by Crippen LogP contribution is 2.24. The van der Waals surface area contributed by atoms with Crippen LogP contribution in [0.2, 0.25) is 5.02 Å². The third-order valence-electron chi connectivity index (χ3n) is 3.45. The Hall–Kier alpha value is -2.14. The quantitative estimate of drug-likeness (QED) is 0.905. The molecule has 1 fully saturated rings. The molecule has 0 bridgehead atoms. The van der Waals surface area contributed by atoms with Crippen molar-refractivity contribution in [2.24, 2.45) is 0 Å². The molecule has 2 N–H and O–H groups in total. The molecular weight excluding hydrogens is 300 g/mol. The van der Waals surface area contributed by atoms with Gasteiger partial charge in [-0.15, -0.1) is 0 Å². The summed E-state index contributed by atoms with van der Waals surface area (Å²) in [6.07, 6.45) is 2.29. The summed E-state index contributed by atoms with van der Waals surface area (Å²) in [6, 6.07) is 7.54. The minimum atomic E-state index is -0.269. The number of carbonyl (C=O) groups is 1. The summed E-state index contributed by atoms with van der Waals surface area (Å²) in [4.78, 5) is 20.9. The van der Waals surface area contributed by atoms with Crippen LogP contribution in [0, 0.1) is 13.8 Å². The lowest BCUT2D eigenvalue weighted by Crippen LogP contribution is -2.16. The van der Waals surface area contributed by atoms with E-state index in [9.17, 15) is 4.79 Å². The Kier molecular flexibility index (Phi) is 3.98. The summed E-state index contributed by atoms with van der Waals surface area (Å²) in [5, 5.41) is 6.71. The van der Waals surface area contributed by atoms with E-state index >= 15 is 0 Å². The lowest BCUT2D eigenvalue weighted by molar-refractivity contribution is 0.102. The summed E-state index contributed by atoms with van der Waals surface area (Å²) >= 11 is 5.97. The van der Waals surface area contributed by atoms with Crippen molar-refractivity contribution < 1.29 is 4.79 Å². The highest BCUT2D eigenvalue weighted by atomic mass is 35.5. The smallest absolute Gasteiger partial charge is 0.274 e. The van der Waals surface area contributed by atoms with E-state index < -0.39 is 0 Å². The Labute approximate surface area is 134 Å². The van der Waals surface area contributed by atoms with E-state index in [0.717, 1.165) is 18.4 Å². The molecule has 1 heterocycles. The number of aryl methyl sites for hydroxylation is 2. The molecule has 2 aromatic rings. The molecule has 1 saturated carbocycles. The van der Waals surface area contributed by atoms with Crippen molar-refractivity contribution >= 4 is 29.0 Å². The molecule has 3 rings (SSSR count). The molecule has 0 saturated heterocycles. The van der Waals surface area contributed by atoms with Crippen LogP contribution >= 0.6 is 11.6 Å². The molecule has 1 aliphatic rings. The number of hydrogen-bond acceptors (Lipinski definition) is 4. The first-order valence-corrected chi connectivity index (χ1v) is 7.59. The van der Waals surface area contributed by atoms with Gasteiger partial charge in [0.15, 0.2) is 0 Å². The first kappa shape index (κ1) is 14.8. The van der Waals surface area contributed by atoms with Crippen LogP contribution in [0.3, 0.4) is 0 Å². The van der Waals surface area contributed by atoms with Crippen LogP contribution in [0.4, 0.5) is 11.5 Å². The van der Waals surface area contributed by atoms with Gasteiger partial charge in [0.25, 0.3) is 5.91 Å². The third-order valence-corrected chi connectivity index (χ3v) is 3.68. The van der Waals surface area contributed by atoms with Crippen molar-refractivity contribution in [3.05, 3.63) is 46.4 Å². The number of halogens is 1. The van der Waals surface area contributed by atoms with Gasteiger partial charge in [0.1, 0.15) is 17.3 Å². The van der Waals surface area contributed by atoms with Gasteiger partial charge >= 0.3 is 0 Å². The first-order chi connectivity index (χ1) is 10.5. The minimum absolute atomic E-state index is 0.269. The average molecular weight is 317 g/mol. The van der Waals surface area contributed by atoms with Crippen LogP contribution in [0.15, 0.2) is 24.3 Å². The fourth-order valence-electron chi connectivity index (χ4n) is 2.11. The number of amides is 1. The predicted octanol–water partition coefficient (Wildman–Crippen LogP) is 3.57. The van der Waals surface area contributed by atoms with E-state index in [0.29, 0.717) is 34.1 Å². The molecule has 22 heavy (non-hydrogen) atoms. The van der Waals surface area contributed by atoms with Crippen molar-refractivity contribution in [3.8, 4) is 0 Å². The highest BCUT2D eigenvalue weighted by molar-refractivity contribution is 6.31. The van der Waals surface area contributed by atoms with E-state index in [1.165, 1.54) is 0 Å². The lowest BCUT2D eigenvalue weighted by atomic mass is 10.2. The second kappa shape index (κ2) is 5.93. The topological polar surface area (TPSA) is 66.9 Å². The van der Waals surface area contributed by atoms with Crippen molar-refractivity contribution in [1.29, 1.82) is 0 Å². The van der Waals surface area contributed by atoms with Crippen molar-refractivity contribution in [2.45, 2.75) is 32.7 Å². The predicted molar refractivity (Wildman–Crippen MR) is 87.6 cm³/mol. The Morgan fingerprint density at radius 1 is 1.23 bits per heavy atom. The van der Waals surface area contributed by atoms with Crippen molar-refractivity contribution in [2.75, 3.05) is 10.6 Å². The molecule has 1 amide bonds. The number of anilines is 2. The van der Waals surface area contributed by atoms with Crippen molar-refractivity contribution in [1.82, 2.24) is 9.97 Å². The molecule has 0 atom stereocenters. The van der Waals surface area contributed by atoms with Crippen LogP contribution in [0.5, 0.6) is 0 Å². The Morgan fingerprint density at radius 3 is 2.73 bits per heavy atom. The maximum absolute atomic E-state index is 12.4. The van der Waals surface area contributed by atoms with Crippen LogP contribution in [0.1, 0.15) is 34.7 Å². The molecule has 1 aliphatic carbocycles. The molecule has 0 radical (unpaired) electrons. The van der Waals surface area contributed by atoms with Crippen LogP contribution in [-0.4, -0.2) is 21.9 Å². The van der Waals surface area contributed by atoms with E-state index in [-0.39, 0.29) is 5.91 Å². The molecule has 1 aromatic heterocycles. The zero-order valence-corrected chi connectivity index (χ0v) is 13.2. The summed E-state index contributed by atoms with van der Waals surface area (Å²) < 4.78 is 0. The highest BCUT2D eigenvalue weighted by Gasteiger charge is 2.22. The van der Waals surface area contributed by atoms with Gasteiger partial charge in [0.2, 0.25) is 0 Å². The Morgan fingerprint density at radius 2 is 2.00 bits per heavy atom. The molecule has 114 valence electrons. The fraction of sp³-hybridized carbons (Fsp3) is 0.312. The number of rotatable bonds is 4.